The monoisotopic (exact) mass is 514 g/mol. The lowest BCUT2D eigenvalue weighted by molar-refractivity contribution is -0.139. The second-order valence-corrected chi connectivity index (χ2v) is 10.8. The van der Waals surface area contributed by atoms with Crippen molar-refractivity contribution in [2.75, 3.05) is 26.2 Å². The predicted molar refractivity (Wildman–Crippen MR) is 125 cm³/mol. The maximum absolute atomic E-state index is 12.3. The Kier molecular flexibility index (Phi) is 8.80. The molecule has 1 saturated carbocycles. The Labute approximate surface area is 207 Å². The van der Waals surface area contributed by atoms with Crippen LogP contribution in [0, 0.1) is 18.8 Å². The molecule has 0 amide bonds. The Morgan fingerprint density at radius 1 is 1.14 bits per heavy atom. The number of halogens is 3. The van der Waals surface area contributed by atoms with E-state index < -0.39 is 12.6 Å². The summed E-state index contributed by atoms with van der Waals surface area (Å²) in [6.45, 7) is 4.25. The fourth-order valence-corrected chi connectivity index (χ4v) is 5.95. The maximum Gasteiger partial charge on any atom is 0.392 e. The van der Waals surface area contributed by atoms with Gasteiger partial charge in [-0.25, -0.2) is 4.98 Å². The second kappa shape index (κ2) is 11.8. The number of Topliss-reactive ketones (excluding diaryl/α,β-unsaturated/α-hetero) is 1. The standard InChI is InChI=1S/C24H33F3N4O3S/c1-16-29-30-22(34-16)15-19(32)14-18-4-2-17(3-5-18)6-10-31-11-7-20-21(8-12-31)35-23(28-20)33-13-9-24(25,26)27/h17-18H,2-15H2,1H3. The SMILES string of the molecule is Cc1nnc(CC(=O)CC2CCC(CCN3CCc4nc(OCCC(F)(F)F)sc4CC3)CC2)o1. The van der Waals surface area contributed by atoms with E-state index >= 15 is 0 Å². The lowest BCUT2D eigenvalue weighted by atomic mass is 9.78. The quantitative estimate of drug-likeness (QED) is 0.443. The summed E-state index contributed by atoms with van der Waals surface area (Å²) in [5, 5.41) is 8.04. The minimum absolute atomic E-state index is 0.177. The summed E-state index contributed by atoms with van der Waals surface area (Å²) >= 11 is 1.39. The molecule has 0 atom stereocenters. The van der Waals surface area contributed by atoms with E-state index in [9.17, 15) is 18.0 Å². The Hall–Kier alpha value is -2.01. The molecule has 1 aliphatic heterocycles. The highest BCUT2D eigenvalue weighted by Gasteiger charge is 2.28. The summed E-state index contributed by atoms with van der Waals surface area (Å²) in [6.07, 6.45) is 3.02. The number of hydrogen-bond donors (Lipinski definition) is 0. The molecule has 0 spiro atoms. The third kappa shape index (κ3) is 8.27. The largest absolute Gasteiger partial charge is 0.470 e. The van der Waals surface area contributed by atoms with Gasteiger partial charge in [0.1, 0.15) is 5.78 Å². The van der Waals surface area contributed by atoms with Gasteiger partial charge < -0.3 is 14.1 Å². The summed E-state index contributed by atoms with van der Waals surface area (Å²) in [7, 11) is 0. The van der Waals surface area contributed by atoms with Crippen molar-refractivity contribution in [1.29, 1.82) is 0 Å². The number of aromatic nitrogens is 3. The van der Waals surface area contributed by atoms with Crippen molar-refractivity contribution < 1.29 is 27.1 Å². The molecule has 1 fully saturated rings. The molecule has 1 aliphatic carbocycles. The van der Waals surface area contributed by atoms with Crippen LogP contribution < -0.4 is 4.74 Å². The number of carbonyl (C=O) groups is 1. The first-order valence-electron chi connectivity index (χ1n) is 12.4. The molecule has 0 aromatic carbocycles. The second-order valence-electron chi connectivity index (χ2n) is 9.71. The van der Waals surface area contributed by atoms with Gasteiger partial charge >= 0.3 is 6.18 Å². The Morgan fingerprint density at radius 2 is 1.89 bits per heavy atom. The molecule has 0 N–H and O–H groups in total. The molecule has 0 bridgehead atoms. The number of fused-ring (bicyclic) bond motifs is 1. The van der Waals surface area contributed by atoms with E-state index in [0.717, 1.165) is 62.3 Å². The van der Waals surface area contributed by atoms with E-state index in [2.05, 4.69) is 20.1 Å². The molecule has 0 radical (unpaired) electrons. The van der Waals surface area contributed by atoms with Crippen molar-refractivity contribution in [2.45, 2.75) is 77.3 Å². The molecular formula is C24H33F3N4O3S. The number of aryl methyl sites for hydroxylation is 1. The van der Waals surface area contributed by atoms with E-state index in [0.29, 0.717) is 35.2 Å². The highest BCUT2D eigenvalue weighted by Crippen LogP contribution is 2.34. The van der Waals surface area contributed by atoms with Crippen LogP contribution >= 0.6 is 11.3 Å². The molecule has 194 valence electrons. The summed E-state index contributed by atoms with van der Waals surface area (Å²) in [6, 6.07) is 0. The van der Waals surface area contributed by atoms with Gasteiger partial charge in [-0.15, -0.1) is 10.2 Å². The van der Waals surface area contributed by atoms with Crippen LogP contribution in [-0.2, 0) is 24.1 Å². The van der Waals surface area contributed by atoms with Crippen LogP contribution in [0.5, 0.6) is 5.19 Å². The smallest absolute Gasteiger partial charge is 0.392 e. The van der Waals surface area contributed by atoms with Crippen LogP contribution in [0.1, 0.15) is 67.3 Å². The predicted octanol–water partition coefficient (Wildman–Crippen LogP) is 4.96. The van der Waals surface area contributed by atoms with Crippen LogP contribution in [0.2, 0.25) is 0 Å². The third-order valence-electron chi connectivity index (χ3n) is 6.94. The van der Waals surface area contributed by atoms with Gasteiger partial charge in [-0.05, 0) is 44.1 Å². The first-order valence-corrected chi connectivity index (χ1v) is 13.3. The molecule has 4 rings (SSSR count). The molecule has 0 saturated heterocycles. The van der Waals surface area contributed by atoms with Crippen molar-refractivity contribution >= 4 is 17.1 Å². The van der Waals surface area contributed by atoms with Gasteiger partial charge in [-0.2, -0.15) is 13.2 Å². The van der Waals surface area contributed by atoms with E-state index in [1.807, 2.05) is 0 Å². The highest BCUT2D eigenvalue weighted by molar-refractivity contribution is 7.13. The average Bonchev–Trinajstić information content (AvgIpc) is 3.33. The van der Waals surface area contributed by atoms with Gasteiger partial charge in [0.05, 0.1) is 25.1 Å². The fourth-order valence-electron chi connectivity index (χ4n) is 4.99. The molecule has 2 aromatic rings. The third-order valence-corrected chi connectivity index (χ3v) is 8.01. The zero-order chi connectivity index (χ0) is 24.8. The minimum Gasteiger partial charge on any atom is -0.470 e. The normalized spacial score (nSPS) is 21.5. The number of hydrogen-bond acceptors (Lipinski definition) is 8. The van der Waals surface area contributed by atoms with E-state index in [1.54, 1.807) is 6.92 Å². The first-order chi connectivity index (χ1) is 16.7. The van der Waals surface area contributed by atoms with Crippen LogP contribution in [0.15, 0.2) is 4.42 Å². The van der Waals surface area contributed by atoms with Crippen LogP contribution in [-0.4, -0.2) is 58.3 Å². The average molecular weight is 515 g/mol. The number of nitrogens with zero attached hydrogens (tertiary/aromatic N) is 4. The van der Waals surface area contributed by atoms with Gasteiger partial charge in [0, 0.05) is 37.7 Å². The van der Waals surface area contributed by atoms with Crippen molar-refractivity contribution in [3.8, 4) is 5.19 Å². The van der Waals surface area contributed by atoms with Crippen molar-refractivity contribution in [3.05, 3.63) is 22.4 Å². The zero-order valence-electron chi connectivity index (χ0n) is 20.1. The summed E-state index contributed by atoms with van der Waals surface area (Å²) in [4.78, 5) is 20.4. The van der Waals surface area contributed by atoms with Gasteiger partial charge in [0.2, 0.25) is 11.8 Å². The molecule has 3 heterocycles. The molecule has 7 nitrogen and oxygen atoms in total. The molecular weight excluding hydrogens is 481 g/mol. The van der Waals surface area contributed by atoms with Crippen molar-refractivity contribution in [2.24, 2.45) is 11.8 Å². The highest BCUT2D eigenvalue weighted by atomic mass is 32.1. The maximum atomic E-state index is 12.3. The minimum atomic E-state index is -4.21. The summed E-state index contributed by atoms with van der Waals surface area (Å²) in [5.74, 6) is 2.23. The number of rotatable bonds is 10. The van der Waals surface area contributed by atoms with Gasteiger partial charge in [0.15, 0.2) is 0 Å². The van der Waals surface area contributed by atoms with Crippen LogP contribution in [0.4, 0.5) is 13.2 Å². The number of thiazole rings is 1. The summed E-state index contributed by atoms with van der Waals surface area (Å²) in [5.41, 5.74) is 0.973. The van der Waals surface area contributed by atoms with Crippen molar-refractivity contribution in [3.63, 3.8) is 0 Å². The van der Waals surface area contributed by atoms with E-state index in [-0.39, 0.29) is 18.8 Å². The van der Waals surface area contributed by atoms with Gasteiger partial charge in [0.25, 0.3) is 5.19 Å². The summed E-state index contributed by atoms with van der Waals surface area (Å²) < 4.78 is 47.5. The molecule has 2 aliphatic rings. The number of ketones is 1. The Morgan fingerprint density at radius 3 is 2.60 bits per heavy atom. The number of carbonyl (C=O) groups excluding carboxylic acids is 1. The van der Waals surface area contributed by atoms with E-state index in [4.69, 9.17) is 9.15 Å². The molecule has 2 aromatic heterocycles. The van der Waals surface area contributed by atoms with Crippen LogP contribution in [0.3, 0.4) is 0 Å². The lowest BCUT2D eigenvalue weighted by Gasteiger charge is -2.30. The number of alkyl halides is 3. The van der Waals surface area contributed by atoms with Crippen molar-refractivity contribution in [1.82, 2.24) is 20.1 Å². The first kappa shape index (κ1) is 26.1. The Bertz CT molecular complexity index is 944. The zero-order valence-corrected chi connectivity index (χ0v) is 20.9. The molecule has 0 unspecified atom stereocenters. The van der Waals surface area contributed by atoms with Crippen LogP contribution in [0.25, 0.3) is 0 Å². The topological polar surface area (TPSA) is 81.4 Å². The molecule has 11 heteroatoms. The molecule has 35 heavy (non-hydrogen) atoms. The van der Waals surface area contributed by atoms with E-state index in [1.165, 1.54) is 24.2 Å². The lowest BCUT2D eigenvalue weighted by Crippen LogP contribution is -2.30. The van der Waals surface area contributed by atoms with Gasteiger partial charge in [-0.3, -0.25) is 4.79 Å². The number of ether oxygens (including phenoxy) is 1. The van der Waals surface area contributed by atoms with Gasteiger partial charge in [-0.1, -0.05) is 24.2 Å². The fraction of sp³-hybridized carbons (Fsp3) is 0.750. The Balaban J connectivity index is 1.12.